The van der Waals surface area contributed by atoms with Crippen LogP contribution in [0.5, 0.6) is 0 Å². The number of rotatable bonds is 2. The highest BCUT2D eigenvalue weighted by atomic mass is 32.2. The average Bonchev–Trinajstić information content (AvgIpc) is 2.34. The van der Waals surface area contributed by atoms with E-state index in [9.17, 15) is 0 Å². The minimum absolute atomic E-state index is 0.593. The minimum atomic E-state index is 0.593. The van der Waals surface area contributed by atoms with Gasteiger partial charge in [-0.15, -0.1) is 11.8 Å². The SMILES string of the molecule is C=C/C=C1/SC2C=CC=CC2C(C)/C1=C/CC. The molecule has 1 aliphatic carbocycles. The molecule has 0 aromatic heterocycles. The lowest BCUT2D eigenvalue weighted by atomic mass is 9.81. The monoisotopic (exact) mass is 244 g/mol. The molecule has 17 heavy (non-hydrogen) atoms. The quantitative estimate of drug-likeness (QED) is 0.666. The molecule has 0 N–H and O–H groups in total. The molecule has 1 fully saturated rings. The maximum atomic E-state index is 3.83. The van der Waals surface area contributed by atoms with Crippen LogP contribution in [0.2, 0.25) is 0 Å². The van der Waals surface area contributed by atoms with Crippen molar-refractivity contribution in [3.05, 3.63) is 59.6 Å². The van der Waals surface area contributed by atoms with Crippen molar-refractivity contribution in [3.8, 4) is 0 Å². The Hall–Kier alpha value is -0.950. The molecule has 1 aliphatic heterocycles. The van der Waals surface area contributed by atoms with E-state index in [0.717, 1.165) is 6.42 Å². The van der Waals surface area contributed by atoms with Crippen LogP contribution in [0.3, 0.4) is 0 Å². The van der Waals surface area contributed by atoms with Gasteiger partial charge in [-0.3, -0.25) is 0 Å². The predicted molar refractivity (Wildman–Crippen MR) is 79.0 cm³/mol. The summed E-state index contributed by atoms with van der Waals surface area (Å²) in [6.07, 6.45) is 16.6. The zero-order valence-corrected chi connectivity index (χ0v) is 11.4. The molecule has 0 spiro atoms. The number of hydrogen-bond acceptors (Lipinski definition) is 1. The molecule has 2 rings (SSSR count). The van der Waals surface area contributed by atoms with Gasteiger partial charge in [-0.05, 0) is 29.9 Å². The molecule has 2 aliphatic rings. The van der Waals surface area contributed by atoms with Gasteiger partial charge in [0.15, 0.2) is 0 Å². The highest BCUT2D eigenvalue weighted by molar-refractivity contribution is 8.04. The summed E-state index contributed by atoms with van der Waals surface area (Å²) in [6.45, 7) is 8.38. The van der Waals surface area contributed by atoms with Crippen LogP contribution >= 0.6 is 11.8 Å². The van der Waals surface area contributed by atoms with Crippen molar-refractivity contribution >= 4 is 11.8 Å². The Morgan fingerprint density at radius 2 is 2.12 bits per heavy atom. The molecule has 0 saturated carbocycles. The van der Waals surface area contributed by atoms with Crippen molar-refractivity contribution < 1.29 is 0 Å². The first kappa shape index (κ1) is 12.5. The van der Waals surface area contributed by atoms with E-state index >= 15 is 0 Å². The third kappa shape index (κ3) is 2.50. The maximum absolute atomic E-state index is 3.83. The summed E-state index contributed by atoms with van der Waals surface area (Å²) >= 11 is 1.98. The highest BCUT2D eigenvalue weighted by Crippen LogP contribution is 2.47. The third-order valence-corrected chi connectivity index (χ3v) is 4.80. The zero-order chi connectivity index (χ0) is 12.3. The van der Waals surface area contributed by atoms with Crippen LogP contribution in [0.15, 0.2) is 59.6 Å². The van der Waals surface area contributed by atoms with Crippen molar-refractivity contribution in [1.29, 1.82) is 0 Å². The second-order valence-electron chi connectivity index (χ2n) is 4.55. The number of allylic oxidation sites excluding steroid dienone is 7. The summed E-state index contributed by atoms with van der Waals surface area (Å²) in [4.78, 5) is 1.40. The van der Waals surface area contributed by atoms with Crippen molar-refractivity contribution in [2.75, 3.05) is 0 Å². The van der Waals surface area contributed by atoms with Gasteiger partial charge >= 0.3 is 0 Å². The normalized spacial score (nSPS) is 36.2. The summed E-state index contributed by atoms with van der Waals surface area (Å²) in [5, 5.41) is 0.593. The molecule has 1 heteroatoms. The van der Waals surface area contributed by atoms with Crippen molar-refractivity contribution in [1.82, 2.24) is 0 Å². The Kier molecular flexibility index (Phi) is 4.11. The smallest absolute Gasteiger partial charge is 0.0346 e. The first-order chi connectivity index (χ1) is 8.27. The van der Waals surface area contributed by atoms with Gasteiger partial charge in [-0.2, -0.15) is 0 Å². The van der Waals surface area contributed by atoms with Gasteiger partial charge in [-0.25, -0.2) is 0 Å². The largest absolute Gasteiger partial charge is 0.118 e. The topological polar surface area (TPSA) is 0 Å². The fraction of sp³-hybridized carbons (Fsp3) is 0.375. The first-order valence-corrected chi connectivity index (χ1v) is 7.20. The fourth-order valence-corrected chi connectivity index (χ4v) is 4.09. The minimum Gasteiger partial charge on any atom is -0.118 e. The van der Waals surface area contributed by atoms with E-state index in [-0.39, 0.29) is 0 Å². The van der Waals surface area contributed by atoms with Crippen LogP contribution in [0, 0.1) is 11.8 Å². The first-order valence-electron chi connectivity index (χ1n) is 6.32. The summed E-state index contributed by atoms with van der Waals surface area (Å²) < 4.78 is 0. The van der Waals surface area contributed by atoms with Gasteiger partial charge in [0.1, 0.15) is 0 Å². The molecule has 3 unspecified atom stereocenters. The zero-order valence-electron chi connectivity index (χ0n) is 10.6. The maximum Gasteiger partial charge on any atom is 0.0346 e. The van der Waals surface area contributed by atoms with Crippen LogP contribution in [0.4, 0.5) is 0 Å². The second kappa shape index (κ2) is 5.59. The van der Waals surface area contributed by atoms with E-state index in [1.54, 1.807) is 0 Å². The van der Waals surface area contributed by atoms with Gasteiger partial charge < -0.3 is 0 Å². The third-order valence-electron chi connectivity index (χ3n) is 3.43. The molecule has 1 heterocycles. The lowest BCUT2D eigenvalue weighted by molar-refractivity contribution is 0.497. The molecule has 1 saturated heterocycles. The molecule has 90 valence electrons. The number of thioether (sulfide) groups is 1. The van der Waals surface area contributed by atoms with E-state index < -0.39 is 0 Å². The number of hydrogen-bond donors (Lipinski definition) is 0. The molecule has 0 aromatic rings. The summed E-state index contributed by atoms with van der Waals surface area (Å²) in [7, 11) is 0. The average molecular weight is 244 g/mol. The molecular weight excluding hydrogens is 224 g/mol. The lowest BCUT2D eigenvalue weighted by Crippen LogP contribution is -2.28. The Labute approximate surface area is 109 Å². The second-order valence-corrected chi connectivity index (χ2v) is 5.77. The van der Waals surface area contributed by atoms with Crippen LogP contribution in [-0.4, -0.2) is 5.25 Å². The van der Waals surface area contributed by atoms with Crippen LogP contribution < -0.4 is 0 Å². The summed E-state index contributed by atoms with van der Waals surface area (Å²) in [5.74, 6) is 1.25. The molecule has 0 aromatic carbocycles. The summed E-state index contributed by atoms with van der Waals surface area (Å²) in [6, 6.07) is 0. The Morgan fingerprint density at radius 1 is 1.35 bits per heavy atom. The number of fused-ring (bicyclic) bond motifs is 1. The molecule has 0 radical (unpaired) electrons. The van der Waals surface area contributed by atoms with E-state index in [1.807, 2.05) is 17.8 Å². The molecule has 3 atom stereocenters. The molecule has 0 amide bonds. The van der Waals surface area contributed by atoms with Gasteiger partial charge in [0, 0.05) is 10.2 Å². The van der Waals surface area contributed by atoms with Crippen molar-refractivity contribution in [2.24, 2.45) is 11.8 Å². The van der Waals surface area contributed by atoms with E-state index in [0.29, 0.717) is 17.1 Å². The highest BCUT2D eigenvalue weighted by Gasteiger charge is 2.34. The molecule has 0 bridgehead atoms. The van der Waals surface area contributed by atoms with E-state index in [4.69, 9.17) is 0 Å². The molecule has 0 nitrogen and oxygen atoms in total. The Balaban J connectivity index is 2.35. The van der Waals surface area contributed by atoms with Gasteiger partial charge in [0.25, 0.3) is 0 Å². The van der Waals surface area contributed by atoms with Gasteiger partial charge in [0.2, 0.25) is 0 Å². The van der Waals surface area contributed by atoms with Gasteiger partial charge in [0.05, 0.1) is 0 Å². The van der Waals surface area contributed by atoms with Crippen molar-refractivity contribution in [3.63, 3.8) is 0 Å². The standard InChI is InChI=1S/C16H20S/c1-4-8-13-12(3)14-10-6-7-11-16(14)17-15(13)9-5-2/h5-12,14,16H,2,4H2,1,3H3/b13-8-,15-9+. The molecular formula is C16H20S. The Bertz CT molecular complexity index is 409. The summed E-state index contributed by atoms with van der Waals surface area (Å²) in [5.41, 5.74) is 1.50. The predicted octanol–water partition coefficient (Wildman–Crippen LogP) is 4.89. The van der Waals surface area contributed by atoms with Crippen LogP contribution in [0.25, 0.3) is 0 Å². The lowest BCUT2D eigenvalue weighted by Gasteiger charge is -2.37. The fourth-order valence-electron chi connectivity index (χ4n) is 2.57. The Morgan fingerprint density at radius 3 is 2.82 bits per heavy atom. The van der Waals surface area contributed by atoms with E-state index in [1.165, 1.54) is 10.5 Å². The van der Waals surface area contributed by atoms with Gasteiger partial charge in [-0.1, -0.05) is 56.9 Å². The van der Waals surface area contributed by atoms with E-state index in [2.05, 4.69) is 56.9 Å². The van der Waals surface area contributed by atoms with Crippen molar-refractivity contribution in [2.45, 2.75) is 25.5 Å². The van der Waals surface area contributed by atoms with Crippen LogP contribution in [0.1, 0.15) is 20.3 Å². The van der Waals surface area contributed by atoms with Crippen LogP contribution in [-0.2, 0) is 0 Å².